The predicted octanol–water partition coefficient (Wildman–Crippen LogP) is 3.79. The maximum Gasteiger partial charge on any atom is 0.270 e. The molecule has 2 aromatic carbocycles. The third-order valence-corrected chi connectivity index (χ3v) is 5.35. The van der Waals surface area contributed by atoms with E-state index in [-0.39, 0.29) is 17.3 Å². The number of carbonyl (C=O) groups is 2. The average Bonchev–Trinajstić information content (AvgIpc) is 3.33. The molecule has 0 spiro atoms. The van der Waals surface area contributed by atoms with Crippen LogP contribution in [0.5, 0.6) is 0 Å². The van der Waals surface area contributed by atoms with E-state index in [1.807, 2.05) is 19.1 Å². The lowest BCUT2D eigenvalue weighted by molar-refractivity contribution is -0.384. The Kier molecular flexibility index (Phi) is 6.84. The second-order valence-electron chi connectivity index (χ2n) is 7.79. The number of benzene rings is 2. The first-order valence-electron chi connectivity index (χ1n) is 10.7. The minimum Gasteiger partial charge on any atom is -0.457 e. The summed E-state index contributed by atoms with van der Waals surface area (Å²) in [6.45, 7) is 3.58. The van der Waals surface area contributed by atoms with Crippen molar-refractivity contribution < 1.29 is 23.7 Å². The molecule has 4 rings (SSSR count). The highest BCUT2D eigenvalue weighted by atomic mass is 16.6. The van der Waals surface area contributed by atoms with Crippen molar-refractivity contribution in [1.29, 1.82) is 0 Å². The van der Waals surface area contributed by atoms with E-state index < -0.39 is 10.8 Å². The molecule has 1 fully saturated rings. The van der Waals surface area contributed by atoms with E-state index in [0.29, 0.717) is 49.0 Å². The zero-order chi connectivity index (χ0) is 24.1. The molecule has 0 atom stereocenters. The van der Waals surface area contributed by atoms with Crippen LogP contribution in [0.25, 0.3) is 17.4 Å². The molecule has 9 heteroatoms. The number of rotatable bonds is 6. The van der Waals surface area contributed by atoms with Crippen molar-refractivity contribution in [1.82, 2.24) is 10.2 Å². The van der Waals surface area contributed by atoms with Gasteiger partial charge >= 0.3 is 0 Å². The molecule has 9 nitrogen and oxygen atoms in total. The van der Waals surface area contributed by atoms with Crippen molar-refractivity contribution in [2.45, 2.75) is 6.92 Å². The van der Waals surface area contributed by atoms with Gasteiger partial charge in [-0.3, -0.25) is 19.7 Å². The number of hydrogen-bond acceptors (Lipinski definition) is 6. The average molecular weight is 461 g/mol. The van der Waals surface area contributed by atoms with Crippen molar-refractivity contribution >= 4 is 23.6 Å². The zero-order valence-corrected chi connectivity index (χ0v) is 18.5. The number of ether oxygens (including phenoxy) is 1. The lowest BCUT2D eigenvalue weighted by Crippen LogP contribution is -2.44. The highest BCUT2D eigenvalue weighted by Crippen LogP contribution is 2.26. The van der Waals surface area contributed by atoms with Crippen LogP contribution in [0.2, 0.25) is 0 Å². The summed E-state index contributed by atoms with van der Waals surface area (Å²) in [5.74, 6) is -0.0457. The molecule has 0 unspecified atom stereocenters. The summed E-state index contributed by atoms with van der Waals surface area (Å²) < 4.78 is 11.2. The fourth-order valence-corrected chi connectivity index (χ4v) is 3.49. The Morgan fingerprint density at radius 2 is 1.79 bits per heavy atom. The number of nitrogens with zero attached hydrogens (tertiary/aromatic N) is 2. The molecule has 0 bridgehead atoms. The van der Waals surface area contributed by atoms with E-state index in [2.05, 4.69) is 5.32 Å². The summed E-state index contributed by atoms with van der Waals surface area (Å²) in [5.41, 5.74) is 1.97. The van der Waals surface area contributed by atoms with Crippen molar-refractivity contribution in [2.75, 3.05) is 26.3 Å². The Bertz CT molecular complexity index is 1240. The molecule has 0 aliphatic carbocycles. The summed E-state index contributed by atoms with van der Waals surface area (Å²) in [5, 5.41) is 13.8. The topological polar surface area (TPSA) is 115 Å². The first kappa shape index (κ1) is 22.9. The first-order valence-corrected chi connectivity index (χ1v) is 10.7. The fraction of sp³-hybridized carbons (Fsp3) is 0.200. The van der Waals surface area contributed by atoms with Crippen LogP contribution in [-0.4, -0.2) is 47.9 Å². The van der Waals surface area contributed by atoms with Crippen LogP contribution in [-0.2, 0) is 9.53 Å². The maximum absolute atomic E-state index is 13.2. The summed E-state index contributed by atoms with van der Waals surface area (Å²) in [4.78, 5) is 38.2. The van der Waals surface area contributed by atoms with Crippen LogP contribution in [0, 0.1) is 17.0 Å². The van der Waals surface area contributed by atoms with E-state index in [4.69, 9.17) is 9.15 Å². The molecule has 1 aromatic heterocycles. The second kappa shape index (κ2) is 10.1. The van der Waals surface area contributed by atoms with Crippen LogP contribution >= 0.6 is 0 Å². The smallest absolute Gasteiger partial charge is 0.270 e. The minimum absolute atomic E-state index is 0.0560. The first-order chi connectivity index (χ1) is 16.4. The minimum atomic E-state index is -0.479. The number of morpholine rings is 1. The van der Waals surface area contributed by atoms with E-state index in [1.54, 1.807) is 41.3 Å². The Morgan fingerprint density at radius 1 is 1.06 bits per heavy atom. The molecule has 1 aliphatic heterocycles. The molecule has 1 aliphatic rings. The molecule has 0 saturated carbocycles. The third-order valence-electron chi connectivity index (χ3n) is 5.35. The highest BCUT2D eigenvalue weighted by Gasteiger charge is 2.23. The number of nitrogens with one attached hydrogen (secondary N) is 1. The van der Waals surface area contributed by atoms with Gasteiger partial charge in [0.1, 0.15) is 17.2 Å². The van der Waals surface area contributed by atoms with Gasteiger partial charge in [-0.25, -0.2) is 0 Å². The zero-order valence-electron chi connectivity index (χ0n) is 18.5. The Balaban J connectivity index is 1.63. The highest BCUT2D eigenvalue weighted by molar-refractivity contribution is 6.05. The van der Waals surface area contributed by atoms with Gasteiger partial charge in [-0.2, -0.15) is 0 Å². The standard InChI is InChI=1S/C25H23N3O6/c1-17-5-7-18(8-6-17)24(29)26-22(25(30)27-11-13-33-14-12-27)16-21-9-10-23(34-21)19-3-2-4-20(15-19)28(31)32/h2-10,15-16H,11-14H2,1H3,(H,26,29). The van der Waals surface area contributed by atoms with Crippen molar-refractivity contribution in [3.63, 3.8) is 0 Å². The summed E-state index contributed by atoms with van der Waals surface area (Å²) in [7, 11) is 0. The van der Waals surface area contributed by atoms with Crippen molar-refractivity contribution in [3.8, 4) is 11.3 Å². The second-order valence-corrected chi connectivity index (χ2v) is 7.79. The molecule has 2 heterocycles. The maximum atomic E-state index is 13.2. The van der Waals surface area contributed by atoms with E-state index >= 15 is 0 Å². The van der Waals surface area contributed by atoms with Crippen LogP contribution in [0.1, 0.15) is 21.7 Å². The van der Waals surface area contributed by atoms with Gasteiger partial charge in [0.25, 0.3) is 17.5 Å². The van der Waals surface area contributed by atoms with Gasteiger partial charge in [0.05, 0.1) is 18.1 Å². The molecular formula is C25H23N3O6. The van der Waals surface area contributed by atoms with Gasteiger partial charge in [0, 0.05) is 42.4 Å². The predicted molar refractivity (Wildman–Crippen MR) is 125 cm³/mol. The third kappa shape index (κ3) is 5.38. The van der Waals surface area contributed by atoms with Crippen LogP contribution < -0.4 is 5.32 Å². The van der Waals surface area contributed by atoms with Crippen LogP contribution in [0.4, 0.5) is 5.69 Å². The number of carbonyl (C=O) groups excluding carboxylic acids is 2. The number of non-ortho nitro benzene ring substituents is 1. The largest absolute Gasteiger partial charge is 0.457 e. The van der Waals surface area contributed by atoms with Gasteiger partial charge < -0.3 is 19.4 Å². The quantitative estimate of drug-likeness (QED) is 0.339. The number of aryl methyl sites for hydroxylation is 1. The monoisotopic (exact) mass is 461 g/mol. The lowest BCUT2D eigenvalue weighted by atomic mass is 10.1. The molecule has 1 saturated heterocycles. The molecule has 2 amide bonds. The normalized spacial score (nSPS) is 14.0. The Morgan fingerprint density at radius 3 is 2.50 bits per heavy atom. The summed E-state index contributed by atoms with van der Waals surface area (Å²) in [6, 6.07) is 16.4. The number of amides is 2. The molecule has 34 heavy (non-hydrogen) atoms. The van der Waals surface area contributed by atoms with E-state index in [1.165, 1.54) is 18.2 Å². The van der Waals surface area contributed by atoms with Gasteiger partial charge in [-0.1, -0.05) is 29.8 Å². The van der Waals surface area contributed by atoms with E-state index in [9.17, 15) is 19.7 Å². The SMILES string of the molecule is Cc1ccc(C(=O)NC(=Cc2ccc(-c3cccc([N+](=O)[O-])c3)o2)C(=O)N2CCOCC2)cc1. The summed E-state index contributed by atoms with van der Waals surface area (Å²) in [6.07, 6.45) is 1.46. The number of hydrogen-bond donors (Lipinski definition) is 1. The molecule has 1 N–H and O–H groups in total. The summed E-state index contributed by atoms with van der Waals surface area (Å²) >= 11 is 0. The van der Waals surface area contributed by atoms with Gasteiger partial charge in [0.2, 0.25) is 0 Å². The van der Waals surface area contributed by atoms with Crippen molar-refractivity contribution in [2.24, 2.45) is 0 Å². The molecule has 174 valence electrons. The number of nitro benzene ring substituents is 1. The Labute approximate surface area is 195 Å². The van der Waals surface area contributed by atoms with Crippen LogP contribution in [0.3, 0.4) is 0 Å². The Hall–Kier alpha value is -4.24. The van der Waals surface area contributed by atoms with Gasteiger partial charge in [-0.15, -0.1) is 0 Å². The van der Waals surface area contributed by atoms with E-state index in [0.717, 1.165) is 5.56 Å². The van der Waals surface area contributed by atoms with Gasteiger partial charge in [0.15, 0.2) is 0 Å². The van der Waals surface area contributed by atoms with Crippen molar-refractivity contribution in [3.05, 3.63) is 93.4 Å². The molecule has 0 radical (unpaired) electrons. The number of nitro groups is 1. The molecular weight excluding hydrogens is 438 g/mol. The number of furan rings is 1. The molecule has 3 aromatic rings. The lowest BCUT2D eigenvalue weighted by Gasteiger charge is -2.27. The van der Waals surface area contributed by atoms with Gasteiger partial charge in [-0.05, 0) is 31.2 Å². The van der Waals surface area contributed by atoms with Crippen LogP contribution in [0.15, 0.2) is 70.8 Å². The fourth-order valence-electron chi connectivity index (χ4n) is 3.49.